The molecule has 5 heteroatoms. The van der Waals surface area contributed by atoms with E-state index in [0.29, 0.717) is 19.4 Å². The van der Waals surface area contributed by atoms with E-state index < -0.39 is 23.1 Å². The molecule has 1 N–H and O–H groups in total. The smallest absolute Gasteiger partial charge is 0.194 e. The average Bonchev–Trinajstić information content (AvgIpc) is 2.31. The minimum Gasteiger partial charge on any atom is -0.385 e. The van der Waals surface area contributed by atoms with Crippen LogP contribution in [-0.2, 0) is 5.60 Å². The summed E-state index contributed by atoms with van der Waals surface area (Å²) in [5.41, 5.74) is -1.58. The van der Waals surface area contributed by atoms with Crippen LogP contribution in [0.3, 0.4) is 0 Å². The molecule has 1 heterocycles. The molecule has 1 aliphatic rings. The van der Waals surface area contributed by atoms with Crippen LogP contribution >= 0.6 is 0 Å². The maximum Gasteiger partial charge on any atom is 0.194 e. The Morgan fingerprint density at radius 3 is 2.56 bits per heavy atom. The van der Waals surface area contributed by atoms with Gasteiger partial charge in [0.15, 0.2) is 17.5 Å². The molecule has 2 nitrogen and oxygen atoms in total. The third-order valence-electron chi connectivity index (χ3n) is 3.80. The molecule has 2 atom stereocenters. The molecule has 1 aliphatic heterocycles. The molecule has 0 radical (unpaired) electrons. The van der Waals surface area contributed by atoms with E-state index in [2.05, 4.69) is 0 Å². The molecule has 1 aromatic rings. The van der Waals surface area contributed by atoms with Gasteiger partial charge in [-0.25, -0.2) is 13.2 Å². The number of nitrogens with zero attached hydrogens (tertiary/aromatic N) is 1. The molecule has 1 aromatic carbocycles. The van der Waals surface area contributed by atoms with Gasteiger partial charge < -0.3 is 10.0 Å². The van der Waals surface area contributed by atoms with E-state index in [1.807, 2.05) is 18.9 Å². The fourth-order valence-electron chi connectivity index (χ4n) is 2.46. The Morgan fingerprint density at radius 1 is 1.28 bits per heavy atom. The highest BCUT2D eigenvalue weighted by molar-refractivity contribution is 5.27. The van der Waals surface area contributed by atoms with Crippen LogP contribution in [0.5, 0.6) is 0 Å². The zero-order valence-corrected chi connectivity index (χ0v) is 10.4. The minimum absolute atomic E-state index is 0.0521. The summed E-state index contributed by atoms with van der Waals surface area (Å²) in [7, 11) is 1.91. The Morgan fingerprint density at radius 2 is 1.94 bits per heavy atom. The van der Waals surface area contributed by atoms with Gasteiger partial charge in [0.05, 0.1) is 5.60 Å². The predicted octanol–water partition coefficient (Wildman–Crippen LogP) is 2.41. The molecule has 0 bridgehead atoms. The van der Waals surface area contributed by atoms with Crippen LogP contribution in [0.1, 0.15) is 25.3 Å². The van der Waals surface area contributed by atoms with Crippen molar-refractivity contribution >= 4 is 0 Å². The van der Waals surface area contributed by atoms with E-state index in [9.17, 15) is 18.3 Å². The molecular formula is C13H16F3NO. The van der Waals surface area contributed by atoms with Crippen molar-refractivity contribution < 1.29 is 18.3 Å². The first-order chi connectivity index (χ1) is 8.35. The number of aliphatic hydroxyl groups is 1. The van der Waals surface area contributed by atoms with Crippen LogP contribution in [-0.4, -0.2) is 29.6 Å². The van der Waals surface area contributed by atoms with E-state index in [-0.39, 0.29) is 11.6 Å². The summed E-state index contributed by atoms with van der Waals surface area (Å²) >= 11 is 0. The van der Waals surface area contributed by atoms with Gasteiger partial charge in [0.2, 0.25) is 0 Å². The summed E-state index contributed by atoms with van der Waals surface area (Å²) in [5.74, 6) is -4.04. The Bertz CT molecular complexity index is 466. The molecule has 1 saturated heterocycles. The zero-order chi connectivity index (χ0) is 13.5. The van der Waals surface area contributed by atoms with Crippen molar-refractivity contribution in [1.29, 1.82) is 0 Å². The molecular weight excluding hydrogens is 243 g/mol. The number of hydrogen-bond acceptors (Lipinski definition) is 2. The second kappa shape index (κ2) is 4.55. The Kier molecular flexibility index (Phi) is 3.38. The zero-order valence-electron chi connectivity index (χ0n) is 10.4. The molecule has 0 saturated carbocycles. The lowest BCUT2D eigenvalue weighted by molar-refractivity contribution is -0.0437. The second-order valence-electron chi connectivity index (χ2n) is 5.04. The molecule has 0 spiro atoms. The number of halogens is 3. The van der Waals surface area contributed by atoms with Gasteiger partial charge in [-0.2, -0.15) is 0 Å². The fraction of sp³-hybridized carbons (Fsp3) is 0.538. The summed E-state index contributed by atoms with van der Waals surface area (Å²) in [6.07, 6.45) is 0.599. The van der Waals surface area contributed by atoms with E-state index in [1.165, 1.54) is 0 Å². The van der Waals surface area contributed by atoms with E-state index in [1.54, 1.807) is 0 Å². The SMILES string of the molecule is CC1CC(O)(c2ccc(F)c(F)c2F)CCN1C. The normalized spacial score (nSPS) is 29.6. The lowest BCUT2D eigenvalue weighted by Gasteiger charge is -2.41. The van der Waals surface area contributed by atoms with Crippen molar-refractivity contribution in [3.8, 4) is 0 Å². The highest BCUT2D eigenvalue weighted by Gasteiger charge is 2.39. The Hall–Kier alpha value is -1.07. The second-order valence-corrected chi connectivity index (χ2v) is 5.04. The van der Waals surface area contributed by atoms with Gasteiger partial charge in [-0.3, -0.25) is 0 Å². The van der Waals surface area contributed by atoms with Gasteiger partial charge >= 0.3 is 0 Å². The quantitative estimate of drug-likeness (QED) is 0.783. The fourth-order valence-corrected chi connectivity index (χ4v) is 2.46. The molecule has 100 valence electrons. The minimum atomic E-state index is -1.52. The molecule has 0 aliphatic carbocycles. The van der Waals surface area contributed by atoms with Crippen LogP contribution in [0, 0.1) is 17.5 Å². The first-order valence-electron chi connectivity index (χ1n) is 5.92. The summed E-state index contributed by atoms with van der Waals surface area (Å²) in [5, 5.41) is 10.5. The van der Waals surface area contributed by atoms with E-state index >= 15 is 0 Å². The van der Waals surface area contributed by atoms with Gasteiger partial charge in [-0.05, 0) is 32.9 Å². The topological polar surface area (TPSA) is 23.5 Å². The summed E-state index contributed by atoms with van der Waals surface area (Å²) in [6, 6.07) is 2.04. The molecule has 2 unspecified atom stereocenters. The number of piperidine rings is 1. The van der Waals surface area contributed by atoms with Gasteiger partial charge in [0.1, 0.15) is 0 Å². The summed E-state index contributed by atoms with van der Waals surface area (Å²) < 4.78 is 39.8. The number of rotatable bonds is 1. The molecule has 0 aromatic heterocycles. The average molecular weight is 259 g/mol. The lowest BCUT2D eigenvalue weighted by Crippen LogP contribution is -2.46. The van der Waals surface area contributed by atoms with Crippen LogP contribution in [0.4, 0.5) is 13.2 Å². The summed E-state index contributed by atoms with van der Waals surface area (Å²) in [6.45, 7) is 2.48. The molecule has 18 heavy (non-hydrogen) atoms. The third-order valence-corrected chi connectivity index (χ3v) is 3.80. The maximum atomic E-state index is 13.7. The number of likely N-dealkylation sites (tertiary alicyclic amines) is 1. The maximum absolute atomic E-state index is 13.7. The van der Waals surface area contributed by atoms with Crippen molar-refractivity contribution in [2.75, 3.05) is 13.6 Å². The molecule has 0 amide bonds. The van der Waals surface area contributed by atoms with Crippen LogP contribution in [0.15, 0.2) is 12.1 Å². The van der Waals surface area contributed by atoms with Crippen LogP contribution < -0.4 is 0 Å². The first-order valence-corrected chi connectivity index (χ1v) is 5.92. The lowest BCUT2D eigenvalue weighted by atomic mass is 9.81. The van der Waals surface area contributed by atoms with Gasteiger partial charge in [-0.1, -0.05) is 6.07 Å². The third kappa shape index (κ3) is 2.12. The van der Waals surface area contributed by atoms with Gasteiger partial charge in [0, 0.05) is 18.2 Å². The monoisotopic (exact) mass is 259 g/mol. The molecule has 1 fully saturated rings. The van der Waals surface area contributed by atoms with Crippen molar-refractivity contribution in [2.45, 2.75) is 31.4 Å². The van der Waals surface area contributed by atoms with Gasteiger partial charge in [-0.15, -0.1) is 0 Å². The Balaban J connectivity index is 2.39. The van der Waals surface area contributed by atoms with Crippen molar-refractivity contribution in [3.63, 3.8) is 0 Å². The molecule has 2 rings (SSSR count). The van der Waals surface area contributed by atoms with Gasteiger partial charge in [0.25, 0.3) is 0 Å². The van der Waals surface area contributed by atoms with E-state index in [4.69, 9.17) is 0 Å². The van der Waals surface area contributed by atoms with E-state index in [0.717, 1.165) is 12.1 Å². The van der Waals surface area contributed by atoms with Crippen molar-refractivity contribution in [1.82, 2.24) is 4.90 Å². The largest absolute Gasteiger partial charge is 0.385 e. The first kappa shape index (κ1) is 13.4. The summed E-state index contributed by atoms with van der Waals surface area (Å²) in [4.78, 5) is 2.03. The van der Waals surface area contributed by atoms with Crippen molar-refractivity contribution in [3.05, 3.63) is 35.1 Å². The van der Waals surface area contributed by atoms with Crippen LogP contribution in [0.25, 0.3) is 0 Å². The number of hydrogen-bond donors (Lipinski definition) is 1. The Labute approximate surface area is 104 Å². The highest BCUT2D eigenvalue weighted by atomic mass is 19.2. The standard InChI is InChI=1S/C13H16F3NO/c1-8-7-13(18,5-6-17(8)2)9-3-4-10(14)12(16)11(9)15/h3-4,8,18H,5-7H2,1-2H3. The predicted molar refractivity (Wildman–Crippen MR) is 61.5 cm³/mol. The van der Waals surface area contributed by atoms with Crippen molar-refractivity contribution in [2.24, 2.45) is 0 Å². The highest BCUT2D eigenvalue weighted by Crippen LogP contribution is 2.37. The van der Waals surface area contributed by atoms with Crippen LogP contribution in [0.2, 0.25) is 0 Å². The number of benzene rings is 1.